The molecule has 3 nitrogen and oxygen atoms in total. The van der Waals surface area contributed by atoms with Crippen LogP contribution in [-0.4, -0.2) is 28.8 Å². The lowest BCUT2D eigenvalue weighted by Gasteiger charge is -2.33. The Morgan fingerprint density at radius 3 is 3.00 bits per heavy atom. The molecule has 1 aromatic rings. The van der Waals surface area contributed by atoms with E-state index in [0.29, 0.717) is 6.04 Å². The van der Waals surface area contributed by atoms with Crippen LogP contribution in [0, 0.1) is 6.92 Å². The van der Waals surface area contributed by atoms with Crippen LogP contribution in [0.25, 0.3) is 0 Å². The summed E-state index contributed by atoms with van der Waals surface area (Å²) in [6.07, 6.45) is 7.42. The predicted octanol–water partition coefficient (Wildman–Crippen LogP) is 2.91. The van der Waals surface area contributed by atoms with Gasteiger partial charge in [0.1, 0.15) is 5.82 Å². The van der Waals surface area contributed by atoms with Crippen molar-refractivity contribution in [2.24, 2.45) is 0 Å². The van der Waals surface area contributed by atoms with Crippen LogP contribution in [0.5, 0.6) is 0 Å². The van der Waals surface area contributed by atoms with Gasteiger partial charge in [-0.05, 0) is 44.7 Å². The number of hydrogen-bond acceptors (Lipinski definition) is 3. The fourth-order valence-corrected chi connectivity index (χ4v) is 2.87. The summed E-state index contributed by atoms with van der Waals surface area (Å²) in [6, 6.07) is 4.54. The van der Waals surface area contributed by atoms with Gasteiger partial charge in [-0.2, -0.15) is 0 Å². The number of rotatable bonds is 3. The van der Waals surface area contributed by atoms with Crippen molar-refractivity contribution in [3.8, 4) is 0 Å². The summed E-state index contributed by atoms with van der Waals surface area (Å²) in [7, 11) is 0. The topological polar surface area (TPSA) is 36.4 Å². The molecule has 1 fully saturated rings. The van der Waals surface area contributed by atoms with Crippen LogP contribution in [0.3, 0.4) is 0 Å². The van der Waals surface area contributed by atoms with Gasteiger partial charge < -0.3 is 10.0 Å². The average Bonchev–Trinajstić information content (AvgIpc) is 2.55. The van der Waals surface area contributed by atoms with Crippen LogP contribution in [0.1, 0.15) is 44.6 Å². The number of hydrogen-bond donors (Lipinski definition) is 1. The first kappa shape index (κ1) is 13.3. The molecule has 2 unspecified atom stereocenters. The standard InChI is InChI=1S/C15H24N2O/c1-12-7-6-9-16-15(12)17-10-5-3-4-8-14(17)11-13(2)18/h6-7,9,13-14,18H,3-5,8,10-11H2,1-2H3. The Balaban J connectivity index is 2.22. The van der Waals surface area contributed by atoms with E-state index in [1.54, 1.807) is 0 Å². The minimum Gasteiger partial charge on any atom is -0.393 e. The minimum absolute atomic E-state index is 0.236. The van der Waals surface area contributed by atoms with Crippen LogP contribution in [0.4, 0.5) is 5.82 Å². The van der Waals surface area contributed by atoms with Gasteiger partial charge in [-0.1, -0.05) is 18.9 Å². The van der Waals surface area contributed by atoms with Gasteiger partial charge >= 0.3 is 0 Å². The van der Waals surface area contributed by atoms with Crippen molar-refractivity contribution in [2.75, 3.05) is 11.4 Å². The highest BCUT2D eigenvalue weighted by molar-refractivity contribution is 5.47. The van der Waals surface area contributed by atoms with Crippen LogP contribution in [0.2, 0.25) is 0 Å². The quantitative estimate of drug-likeness (QED) is 0.893. The first-order valence-electron chi connectivity index (χ1n) is 7.05. The van der Waals surface area contributed by atoms with Crippen molar-refractivity contribution < 1.29 is 5.11 Å². The smallest absolute Gasteiger partial charge is 0.131 e. The first-order valence-corrected chi connectivity index (χ1v) is 7.05. The number of aromatic nitrogens is 1. The molecule has 0 aromatic carbocycles. The summed E-state index contributed by atoms with van der Waals surface area (Å²) in [5, 5.41) is 9.68. The van der Waals surface area contributed by atoms with E-state index in [2.05, 4.69) is 22.9 Å². The SMILES string of the molecule is Cc1cccnc1N1CCCCCC1CC(C)O. The second kappa shape index (κ2) is 6.19. The second-order valence-electron chi connectivity index (χ2n) is 5.43. The van der Waals surface area contributed by atoms with Crippen molar-refractivity contribution in [1.82, 2.24) is 4.98 Å². The molecule has 1 aromatic heterocycles. The molecular weight excluding hydrogens is 224 g/mol. The average molecular weight is 248 g/mol. The Morgan fingerprint density at radius 2 is 2.28 bits per heavy atom. The third-order valence-electron chi connectivity index (χ3n) is 3.74. The molecule has 2 atom stereocenters. The van der Waals surface area contributed by atoms with Crippen LogP contribution >= 0.6 is 0 Å². The third-order valence-corrected chi connectivity index (χ3v) is 3.74. The highest BCUT2D eigenvalue weighted by Crippen LogP contribution is 2.27. The Bertz CT molecular complexity index is 379. The predicted molar refractivity (Wildman–Crippen MR) is 74.9 cm³/mol. The fourth-order valence-electron chi connectivity index (χ4n) is 2.87. The van der Waals surface area contributed by atoms with Crippen LogP contribution in [-0.2, 0) is 0 Å². The molecule has 3 heteroatoms. The highest BCUT2D eigenvalue weighted by atomic mass is 16.3. The second-order valence-corrected chi connectivity index (χ2v) is 5.43. The molecule has 0 radical (unpaired) electrons. The van der Waals surface area contributed by atoms with E-state index < -0.39 is 0 Å². The molecule has 1 saturated heterocycles. The summed E-state index contributed by atoms with van der Waals surface area (Å²) >= 11 is 0. The maximum absolute atomic E-state index is 9.68. The van der Waals surface area contributed by atoms with Crippen molar-refractivity contribution in [1.29, 1.82) is 0 Å². The Labute approximate surface area is 110 Å². The molecule has 1 N–H and O–H groups in total. The maximum Gasteiger partial charge on any atom is 0.131 e. The molecule has 100 valence electrons. The van der Waals surface area contributed by atoms with Gasteiger partial charge in [-0.25, -0.2) is 4.98 Å². The van der Waals surface area contributed by atoms with Gasteiger partial charge in [-0.3, -0.25) is 0 Å². The zero-order chi connectivity index (χ0) is 13.0. The molecule has 0 saturated carbocycles. The van der Waals surface area contributed by atoms with Crippen molar-refractivity contribution in [3.05, 3.63) is 23.9 Å². The Hall–Kier alpha value is -1.09. The molecule has 2 rings (SSSR count). The van der Waals surface area contributed by atoms with Crippen molar-refractivity contribution >= 4 is 5.82 Å². The van der Waals surface area contributed by atoms with E-state index in [4.69, 9.17) is 0 Å². The van der Waals surface area contributed by atoms with Crippen LogP contribution in [0.15, 0.2) is 18.3 Å². The lowest BCUT2D eigenvalue weighted by atomic mass is 10.0. The molecule has 1 aliphatic rings. The van der Waals surface area contributed by atoms with Crippen LogP contribution < -0.4 is 4.90 Å². The molecule has 0 amide bonds. The van der Waals surface area contributed by atoms with Gasteiger partial charge in [0.2, 0.25) is 0 Å². The maximum atomic E-state index is 9.68. The number of aliphatic hydroxyl groups is 1. The van der Waals surface area contributed by atoms with E-state index >= 15 is 0 Å². The third kappa shape index (κ3) is 3.22. The highest BCUT2D eigenvalue weighted by Gasteiger charge is 2.24. The van der Waals surface area contributed by atoms with E-state index in [1.165, 1.54) is 31.2 Å². The monoisotopic (exact) mass is 248 g/mol. The molecule has 1 aliphatic heterocycles. The fraction of sp³-hybridized carbons (Fsp3) is 0.667. The molecule has 18 heavy (non-hydrogen) atoms. The summed E-state index contributed by atoms with van der Waals surface area (Å²) in [5.74, 6) is 1.10. The zero-order valence-electron chi connectivity index (χ0n) is 11.5. The van der Waals surface area contributed by atoms with E-state index in [-0.39, 0.29) is 6.10 Å². The number of nitrogens with zero attached hydrogens (tertiary/aromatic N) is 2. The first-order chi connectivity index (χ1) is 8.68. The largest absolute Gasteiger partial charge is 0.393 e. The number of anilines is 1. The van der Waals surface area contributed by atoms with Crippen molar-refractivity contribution in [3.63, 3.8) is 0 Å². The van der Waals surface area contributed by atoms with Crippen molar-refractivity contribution in [2.45, 2.75) is 58.1 Å². The number of pyridine rings is 1. The van der Waals surface area contributed by atoms with E-state index in [9.17, 15) is 5.11 Å². The minimum atomic E-state index is -0.236. The Kier molecular flexibility index (Phi) is 4.59. The molecule has 2 heterocycles. The molecular formula is C15H24N2O. The molecule has 0 spiro atoms. The lowest BCUT2D eigenvalue weighted by molar-refractivity contribution is 0.171. The van der Waals surface area contributed by atoms with Gasteiger partial charge in [0.15, 0.2) is 0 Å². The summed E-state index contributed by atoms with van der Waals surface area (Å²) < 4.78 is 0. The van der Waals surface area contributed by atoms with Gasteiger partial charge in [-0.15, -0.1) is 0 Å². The van der Waals surface area contributed by atoms with Gasteiger partial charge in [0, 0.05) is 18.8 Å². The number of aliphatic hydroxyl groups excluding tert-OH is 1. The van der Waals surface area contributed by atoms with E-state index in [0.717, 1.165) is 18.8 Å². The molecule has 0 aliphatic carbocycles. The zero-order valence-corrected chi connectivity index (χ0v) is 11.5. The Morgan fingerprint density at radius 1 is 1.44 bits per heavy atom. The number of aryl methyl sites for hydroxylation is 1. The molecule has 0 bridgehead atoms. The van der Waals surface area contributed by atoms with Gasteiger partial charge in [0.25, 0.3) is 0 Å². The van der Waals surface area contributed by atoms with Gasteiger partial charge in [0.05, 0.1) is 6.10 Å². The normalized spacial score (nSPS) is 22.6. The summed E-state index contributed by atoms with van der Waals surface area (Å²) in [6.45, 7) is 5.07. The lowest BCUT2D eigenvalue weighted by Crippen LogP contribution is -2.38. The summed E-state index contributed by atoms with van der Waals surface area (Å²) in [4.78, 5) is 6.96. The van der Waals surface area contributed by atoms with E-state index in [1.807, 2.05) is 19.2 Å². The summed E-state index contributed by atoms with van der Waals surface area (Å²) in [5.41, 5.74) is 1.23.